The van der Waals surface area contributed by atoms with Crippen LogP contribution < -0.4 is 5.32 Å². The minimum atomic E-state index is 0.347. The fourth-order valence-corrected chi connectivity index (χ4v) is 2.73. The van der Waals surface area contributed by atoms with Crippen molar-refractivity contribution in [2.45, 2.75) is 51.2 Å². The molecule has 0 spiro atoms. The minimum Gasteiger partial charge on any atom is -0.379 e. The second kappa shape index (κ2) is 9.93. The number of nitrogens with one attached hydrogen (secondary N) is 1. The fourth-order valence-electron chi connectivity index (χ4n) is 2.73. The van der Waals surface area contributed by atoms with E-state index in [-0.39, 0.29) is 0 Å². The molecule has 2 rings (SSSR count). The normalized spacial score (nSPS) is 19.8. The van der Waals surface area contributed by atoms with Gasteiger partial charge in [0.05, 0.1) is 12.7 Å². The van der Waals surface area contributed by atoms with Crippen LogP contribution in [0.15, 0.2) is 30.3 Å². The van der Waals surface area contributed by atoms with Gasteiger partial charge in [0.1, 0.15) is 0 Å². The van der Waals surface area contributed by atoms with Gasteiger partial charge in [-0.2, -0.15) is 0 Å². The standard InChI is InChI=1S/C18H29NO2/c1-2-17(14-16-8-4-3-5-9-16)19-11-7-12-20-15-18-10-6-13-21-18/h3-5,8-9,17-19H,2,6-7,10-15H2,1H3. The molecule has 0 bridgehead atoms. The molecule has 2 atom stereocenters. The van der Waals surface area contributed by atoms with Crippen LogP contribution in [0.2, 0.25) is 0 Å². The summed E-state index contributed by atoms with van der Waals surface area (Å²) in [5.74, 6) is 0. The molecule has 0 aliphatic carbocycles. The third-order valence-corrected chi connectivity index (χ3v) is 4.04. The van der Waals surface area contributed by atoms with Gasteiger partial charge in [-0.1, -0.05) is 37.3 Å². The quantitative estimate of drug-likeness (QED) is 0.672. The summed E-state index contributed by atoms with van der Waals surface area (Å²) >= 11 is 0. The van der Waals surface area contributed by atoms with Gasteiger partial charge < -0.3 is 14.8 Å². The smallest absolute Gasteiger partial charge is 0.0809 e. The van der Waals surface area contributed by atoms with E-state index in [1.165, 1.54) is 12.0 Å². The summed E-state index contributed by atoms with van der Waals surface area (Å²) in [4.78, 5) is 0. The minimum absolute atomic E-state index is 0.347. The second-order valence-corrected chi connectivity index (χ2v) is 5.81. The van der Waals surface area contributed by atoms with Crippen molar-refractivity contribution in [1.29, 1.82) is 0 Å². The van der Waals surface area contributed by atoms with Gasteiger partial charge in [0.2, 0.25) is 0 Å². The van der Waals surface area contributed by atoms with Crippen LogP contribution in [-0.2, 0) is 15.9 Å². The molecule has 1 heterocycles. The Labute approximate surface area is 129 Å². The average Bonchev–Trinajstić information content (AvgIpc) is 3.04. The van der Waals surface area contributed by atoms with E-state index >= 15 is 0 Å². The Morgan fingerprint density at radius 2 is 2.19 bits per heavy atom. The lowest BCUT2D eigenvalue weighted by Crippen LogP contribution is -2.32. The van der Waals surface area contributed by atoms with Crippen molar-refractivity contribution in [3.8, 4) is 0 Å². The maximum atomic E-state index is 5.69. The number of hydrogen-bond acceptors (Lipinski definition) is 3. The Bertz CT molecular complexity index is 363. The Kier molecular flexibility index (Phi) is 7.79. The van der Waals surface area contributed by atoms with E-state index in [0.717, 1.165) is 52.0 Å². The highest BCUT2D eigenvalue weighted by Gasteiger charge is 2.14. The van der Waals surface area contributed by atoms with E-state index in [1.807, 2.05) is 0 Å². The van der Waals surface area contributed by atoms with E-state index < -0.39 is 0 Å². The second-order valence-electron chi connectivity index (χ2n) is 5.81. The van der Waals surface area contributed by atoms with Crippen LogP contribution in [0.1, 0.15) is 38.2 Å². The highest BCUT2D eigenvalue weighted by Crippen LogP contribution is 2.11. The Morgan fingerprint density at radius 1 is 1.33 bits per heavy atom. The van der Waals surface area contributed by atoms with Crippen LogP contribution in [-0.4, -0.2) is 38.5 Å². The van der Waals surface area contributed by atoms with Crippen LogP contribution in [0.3, 0.4) is 0 Å². The van der Waals surface area contributed by atoms with Crippen molar-refractivity contribution >= 4 is 0 Å². The van der Waals surface area contributed by atoms with Gasteiger partial charge in [-0.05, 0) is 44.2 Å². The molecule has 0 amide bonds. The number of benzene rings is 1. The van der Waals surface area contributed by atoms with Crippen LogP contribution in [0, 0.1) is 0 Å². The molecule has 3 heteroatoms. The Hall–Kier alpha value is -0.900. The van der Waals surface area contributed by atoms with Gasteiger partial charge in [0, 0.05) is 19.3 Å². The number of ether oxygens (including phenoxy) is 2. The maximum absolute atomic E-state index is 5.69. The lowest BCUT2D eigenvalue weighted by atomic mass is 10.0. The maximum Gasteiger partial charge on any atom is 0.0809 e. The summed E-state index contributed by atoms with van der Waals surface area (Å²) in [6, 6.07) is 11.3. The van der Waals surface area contributed by atoms with Gasteiger partial charge >= 0.3 is 0 Å². The predicted molar refractivity (Wildman–Crippen MR) is 86.6 cm³/mol. The summed E-state index contributed by atoms with van der Waals surface area (Å²) in [5, 5.41) is 3.64. The number of rotatable bonds is 10. The molecule has 3 nitrogen and oxygen atoms in total. The molecule has 1 N–H and O–H groups in total. The van der Waals surface area contributed by atoms with E-state index in [1.54, 1.807) is 0 Å². The molecule has 118 valence electrons. The van der Waals surface area contributed by atoms with Crippen molar-refractivity contribution in [2.24, 2.45) is 0 Å². The van der Waals surface area contributed by atoms with Crippen LogP contribution in [0.5, 0.6) is 0 Å². The molecule has 1 aromatic rings. The topological polar surface area (TPSA) is 30.5 Å². The first-order valence-electron chi connectivity index (χ1n) is 8.35. The first kappa shape index (κ1) is 16.5. The molecule has 1 aliphatic rings. The van der Waals surface area contributed by atoms with Crippen molar-refractivity contribution < 1.29 is 9.47 Å². The third-order valence-electron chi connectivity index (χ3n) is 4.04. The first-order chi connectivity index (χ1) is 10.4. The van der Waals surface area contributed by atoms with Gasteiger partial charge in [-0.25, -0.2) is 0 Å². The predicted octanol–water partition coefficient (Wildman–Crippen LogP) is 3.18. The molecular weight excluding hydrogens is 262 g/mol. The molecule has 0 radical (unpaired) electrons. The Morgan fingerprint density at radius 3 is 2.90 bits per heavy atom. The molecule has 21 heavy (non-hydrogen) atoms. The van der Waals surface area contributed by atoms with Crippen LogP contribution >= 0.6 is 0 Å². The summed E-state index contributed by atoms with van der Waals surface area (Å²) in [6.07, 6.45) is 6.03. The van der Waals surface area contributed by atoms with Gasteiger partial charge in [-0.15, -0.1) is 0 Å². The van der Waals surface area contributed by atoms with Gasteiger partial charge in [0.25, 0.3) is 0 Å². The van der Waals surface area contributed by atoms with E-state index in [2.05, 4.69) is 42.6 Å². The summed E-state index contributed by atoms with van der Waals surface area (Å²) in [6.45, 7) is 5.77. The zero-order chi connectivity index (χ0) is 14.8. The number of hydrogen-bond donors (Lipinski definition) is 1. The summed E-state index contributed by atoms with van der Waals surface area (Å²) < 4.78 is 11.2. The van der Waals surface area contributed by atoms with Crippen molar-refractivity contribution in [1.82, 2.24) is 5.32 Å². The molecule has 1 aromatic carbocycles. The van der Waals surface area contributed by atoms with Gasteiger partial charge in [0.15, 0.2) is 0 Å². The third kappa shape index (κ3) is 6.60. The van der Waals surface area contributed by atoms with Crippen LogP contribution in [0.4, 0.5) is 0 Å². The molecule has 2 unspecified atom stereocenters. The summed E-state index contributed by atoms with van der Waals surface area (Å²) in [5.41, 5.74) is 1.41. The Balaban J connectivity index is 1.51. The first-order valence-corrected chi connectivity index (χ1v) is 8.35. The fraction of sp³-hybridized carbons (Fsp3) is 0.667. The molecule has 0 saturated carbocycles. The van der Waals surface area contributed by atoms with E-state index in [0.29, 0.717) is 12.1 Å². The van der Waals surface area contributed by atoms with Crippen LogP contribution in [0.25, 0.3) is 0 Å². The molecule has 0 aromatic heterocycles. The SMILES string of the molecule is CCC(Cc1ccccc1)NCCCOCC1CCCO1. The zero-order valence-corrected chi connectivity index (χ0v) is 13.2. The summed E-state index contributed by atoms with van der Waals surface area (Å²) in [7, 11) is 0. The highest BCUT2D eigenvalue weighted by molar-refractivity contribution is 5.15. The molecular formula is C18H29NO2. The van der Waals surface area contributed by atoms with Crippen molar-refractivity contribution in [2.75, 3.05) is 26.4 Å². The van der Waals surface area contributed by atoms with E-state index in [4.69, 9.17) is 9.47 Å². The molecule has 1 aliphatic heterocycles. The molecule has 1 saturated heterocycles. The van der Waals surface area contributed by atoms with E-state index in [9.17, 15) is 0 Å². The monoisotopic (exact) mass is 291 g/mol. The lowest BCUT2D eigenvalue weighted by Gasteiger charge is -2.17. The molecule has 1 fully saturated rings. The highest BCUT2D eigenvalue weighted by atomic mass is 16.5. The largest absolute Gasteiger partial charge is 0.379 e. The lowest BCUT2D eigenvalue weighted by molar-refractivity contribution is 0.0165. The van der Waals surface area contributed by atoms with Crippen molar-refractivity contribution in [3.63, 3.8) is 0 Å². The van der Waals surface area contributed by atoms with Crippen molar-refractivity contribution in [3.05, 3.63) is 35.9 Å². The van der Waals surface area contributed by atoms with Gasteiger partial charge in [-0.3, -0.25) is 0 Å². The zero-order valence-electron chi connectivity index (χ0n) is 13.2. The average molecular weight is 291 g/mol.